The van der Waals surface area contributed by atoms with E-state index in [1.54, 1.807) is 0 Å². The number of nitrogens with zero attached hydrogens (tertiary/aromatic N) is 3. The van der Waals surface area contributed by atoms with Gasteiger partial charge in [0.25, 0.3) is 0 Å². The second kappa shape index (κ2) is 4.76. The fourth-order valence-electron chi connectivity index (χ4n) is 2.40. The summed E-state index contributed by atoms with van der Waals surface area (Å²) in [5, 5.41) is 4.08. The predicted molar refractivity (Wildman–Crippen MR) is 68.1 cm³/mol. The first-order chi connectivity index (χ1) is 8.34. The van der Waals surface area contributed by atoms with Crippen LogP contribution in [0.25, 0.3) is 0 Å². The molecule has 3 rings (SSSR count). The maximum Gasteiger partial charge on any atom is 0.138 e. The molecule has 6 heteroatoms. The van der Waals surface area contributed by atoms with Crippen molar-refractivity contribution < 1.29 is 0 Å². The number of H-pyrrole nitrogens is 1. The van der Waals surface area contributed by atoms with Crippen LogP contribution in [-0.2, 0) is 6.54 Å². The summed E-state index contributed by atoms with van der Waals surface area (Å²) in [5.74, 6) is 0. The highest BCUT2D eigenvalue weighted by Gasteiger charge is 2.27. The van der Waals surface area contributed by atoms with Crippen molar-refractivity contribution in [3.8, 4) is 0 Å². The van der Waals surface area contributed by atoms with E-state index in [0.29, 0.717) is 10.4 Å². The molecule has 1 unspecified atom stereocenters. The van der Waals surface area contributed by atoms with Crippen molar-refractivity contribution in [1.29, 1.82) is 0 Å². The fraction of sp³-hybridized carbons (Fsp3) is 0.455. The van der Waals surface area contributed by atoms with Crippen LogP contribution in [0, 0.1) is 0 Å². The average molecular weight is 269 g/mol. The molecule has 1 aliphatic heterocycles. The minimum Gasteiger partial charge on any atom is -0.364 e. The van der Waals surface area contributed by atoms with Crippen molar-refractivity contribution in [2.45, 2.75) is 25.4 Å². The van der Waals surface area contributed by atoms with E-state index in [1.807, 2.05) is 12.3 Å². The van der Waals surface area contributed by atoms with Gasteiger partial charge in [0.15, 0.2) is 0 Å². The first kappa shape index (κ1) is 11.2. The molecular weight excluding hydrogens is 256 g/mol. The molecule has 4 nitrogen and oxygen atoms in total. The molecule has 1 atom stereocenters. The Labute approximate surface area is 109 Å². The third-order valence-corrected chi connectivity index (χ3v) is 4.19. The molecule has 1 N–H and O–H groups in total. The molecule has 2 aromatic rings. The van der Waals surface area contributed by atoms with Crippen LogP contribution in [0.2, 0.25) is 4.34 Å². The number of halogens is 1. The summed E-state index contributed by atoms with van der Waals surface area (Å²) < 4.78 is 4.59. The van der Waals surface area contributed by atoms with Crippen LogP contribution in [-0.4, -0.2) is 26.0 Å². The van der Waals surface area contributed by atoms with E-state index in [2.05, 4.69) is 25.5 Å². The summed E-state index contributed by atoms with van der Waals surface area (Å²) >= 11 is 7.31. The number of nitrogens with one attached hydrogen (secondary N) is 1. The number of rotatable bonds is 3. The van der Waals surface area contributed by atoms with Crippen LogP contribution in [0.3, 0.4) is 0 Å². The molecule has 1 aliphatic rings. The molecule has 0 aromatic carbocycles. The lowest BCUT2D eigenvalue weighted by Crippen LogP contribution is -2.23. The Kier molecular flexibility index (Phi) is 3.13. The third kappa shape index (κ3) is 2.22. The Balaban J connectivity index is 1.77. The van der Waals surface area contributed by atoms with Gasteiger partial charge in [-0.15, -0.1) is 5.10 Å². The number of likely N-dealkylation sites (tertiary alicyclic amines) is 1. The molecule has 0 radical (unpaired) electrons. The maximum absolute atomic E-state index is 6.05. The summed E-state index contributed by atoms with van der Waals surface area (Å²) in [6.45, 7) is 1.89. The highest BCUT2D eigenvalue weighted by molar-refractivity contribution is 7.10. The van der Waals surface area contributed by atoms with Gasteiger partial charge in [0.1, 0.15) is 10.0 Å². The predicted octanol–water partition coefficient (Wildman–Crippen LogP) is 2.86. The number of aromatic nitrogens is 3. The van der Waals surface area contributed by atoms with E-state index in [-0.39, 0.29) is 0 Å². The maximum atomic E-state index is 6.05. The van der Waals surface area contributed by atoms with Crippen LogP contribution in [0.1, 0.15) is 30.3 Å². The van der Waals surface area contributed by atoms with E-state index >= 15 is 0 Å². The van der Waals surface area contributed by atoms with Crippen molar-refractivity contribution in [2.24, 2.45) is 0 Å². The second-order valence-electron chi connectivity index (χ2n) is 4.25. The molecular formula is C11H13ClN4S. The molecule has 17 heavy (non-hydrogen) atoms. The second-order valence-corrected chi connectivity index (χ2v) is 5.60. The molecule has 2 aromatic heterocycles. The van der Waals surface area contributed by atoms with Gasteiger partial charge in [-0.05, 0) is 31.5 Å². The van der Waals surface area contributed by atoms with Gasteiger partial charge in [-0.25, -0.2) is 0 Å². The lowest BCUT2D eigenvalue weighted by atomic mass is 10.1. The van der Waals surface area contributed by atoms with Gasteiger partial charge in [0.05, 0.1) is 6.04 Å². The van der Waals surface area contributed by atoms with Gasteiger partial charge < -0.3 is 4.98 Å². The van der Waals surface area contributed by atoms with E-state index in [0.717, 1.165) is 18.8 Å². The monoisotopic (exact) mass is 268 g/mol. The lowest BCUT2D eigenvalue weighted by molar-refractivity contribution is 0.242. The van der Waals surface area contributed by atoms with Crippen molar-refractivity contribution in [1.82, 2.24) is 19.5 Å². The van der Waals surface area contributed by atoms with Crippen LogP contribution < -0.4 is 0 Å². The van der Waals surface area contributed by atoms with Gasteiger partial charge in [-0.3, -0.25) is 4.90 Å². The first-order valence-corrected chi connectivity index (χ1v) is 6.84. The third-order valence-electron chi connectivity index (χ3n) is 3.21. The molecule has 0 spiro atoms. The normalized spacial score (nSPS) is 21.1. The van der Waals surface area contributed by atoms with Gasteiger partial charge in [-0.1, -0.05) is 16.1 Å². The molecule has 0 bridgehead atoms. The Hall–Kier alpha value is -0.910. The Bertz CT molecular complexity index is 481. The summed E-state index contributed by atoms with van der Waals surface area (Å²) in [7, 11) is 0. The minimum atomic E-state index is 0.461. The standard InChI is InChI=1S/C11H13ClN4S/c12-11-9(14-15-17-11)7-16-6-2-4-10(16)8-3-1-5-13-8/h1,3,5,10,13H,2,4,6-7H2. The van der Waals surface area contributed by atoms with Crippen molar-refractivity contribution in [3.05, 3.63) is 34.1 Å². The first-order valence-electron chi connectivity index (χ1n) is 5.68. The highest BCUT2D eigenvalue weighted by atomic mass is 35.5. The van der Waals surface area contributed by atoms with Crippen molar-refractivity contribution >= 4 is 23.1 Å². The zero-order valence-corrected chi connectivity index (χ0v) is 10.8. The zero-order chi connectivity index (χ0) is 11.7. The quantitative estimate of drug-likeness (QED) is 0.931. The summed E-state index contributed by atoms with van der Waals surface area (Å²) in [4.78, 5) is 5.71. The molecule has 90 valence electrons. The summed E-state index contributed by atoms with van der Waals surface area (Å²) in [5.41, 5.74) is 2.18. The Morgan fingerprint density at radius 2 is 2.53 bits per heavy atom. The largest absolute Gasteiger partial charge is 0.364 e. The molecule has 0 amide bonds. The van der Waals surface area contributed by atoms with Crippen molar-refractivity contribution in [2.75, 3.05) is 6.54 Å². The molecule has 0 saturated carbocycles. The fourth-order valence-corrected chi connectivity index (χ4v) is 3.01. The Morgan fingerprint density at radius 1 is 1.59 bits per heavy atom. The molecule has 0 aliphatic carbocycles. The smallest absolute Gasteiger partial charge is 0.138 e. The van der Waals surface area contributed by atoms with E-state index in [4.69, 9.17) is 11.6 Å². The van der Waals surface area contributed by atoms with Crippen LogP contribution >= 0.6 is 23.1 Å². The lowest BCUT2D eigenvalue weighted by Gasteiger charge is -2.22. The number of aromatic amines is 1. The average Bonchev–Trinajstić information content (AvgIpc) is 3.02. The zero-order valence-electron chi connectivity index (χ0n) is 9.27. The van der Waals surface area contributed by atoms with Gasteiger partial charge in [0.2, 0.25) is 0 Å². The SMILES string of the molecule is Clc1snnc1CN1CCCC1c1ccc[nH]1. The van der Waals surface area contributed by atoms with E-state index in [1.165, 1.54) is 30.1 Å². The summed E-state index contributed by atoms with van der Waals surface area (Å²) in [6.07, 6.45) is 4.39. The van der Waals surface area contributed by atoms with Crippen LogP contribution in [0.15, 0.2) is 18.3 Å². The topological polar surface area (TPSA) is 44.8 Å². The van der Waals surface area contributed by atoms with Gasteiger partial charge >= 0.3 is 0 Å². The van der Waals surface area contributed by atoms with Gasteiger partial charge in [-0.2, -0.15) is 0 Å². The molecule has 1 saturated heterocycles. The van der Waals surface area contributed by atoms with Crippen LogP contribution in [0.5, 0.6) is 0 Å². The minimum absolute atomic E-state index is 0.461. The van der Waals surface area contributed by atoms with Crippen LogP contribution in [0.4, 0.5) is 0 Å². The van der Waals surface area contributed by atoms with Crippen molar-refractivity contribution in [3.63, 3.8) is 0 Å². The number of hydrogen-bond donors (Lipinski definition) is 1. The van der Waals surface area contributed by atoms with E-state index < -0.39 is 0 Å². The van der Waals surface area contributed by atoms with Gasteiger partial charge in [0, 0.05) is 30.0 Å². The Morgan fingerprint density at radius 3 is 3.24 bits per heavy atom. The molecule has 3 heterocycles. The van der Waals surface area contributed by atoms with E-state index in [9.17, 15) is 0 Å². The number of hydrogen-bond acceptors (Lipinski definition) is 4. The highest BCUT2D eigenvalue weighted by Crippen LogP contribution is 2.33. The molecule has 1 fully saturated rings. The summed E-state index contributed by atoms with van der Waals surface area (Å²) in [6, 6.07) is 4.65.